The van der Waals surface area contributed by atoms with Crippen LogP contribution in [-0.2, 0) is 11.2 Å². The van der Waals surface area contributed by atoms with Crippen molar-refractivity contribution in [1.29, 1.82) is 0 Å². The number of carboxylic acids is 1. The number of rotatable bonds is 2. The molecule has 0 aliphatic carbocycles. The molecule has 0 atom stereocenters. The van der Waals surface area contributed by atoms with Crippen molar-refractivity contribution in [3.8, 4) is 0 Å². The van der Waals surface area contributed by atoms with Crippen LogP contribution in [0, 0.1) is 0 Å². The van der Waals surface area contributed by atoms with Crippen LogP contribution >= 0.6 is 0 Å². The Hall–Kier alpha value is -2.10. The zero-order chi connectivity index (χ0) is 10.8. The number of H-pyrrole nitrogens is 1. The van der Waals surface area contributed by atoms with Crippen molar-refractivity contribution in [3.05, 3.63) is 46.2 Å². The lowest BCUT2D eigenvalue weighted by atomic mass is 10.1. The number of aromatic amines is 1. The lowest BCUT2D eigenvalue weighted by Crippen LogP contribution is -2.06. The molecule has 0 spiro atoms. The summed E-state index contributed by atoms with van der Waals surface area (Å²) in [6.07, 6.45) is -0.0860. The molecule has 0 amide bonds. The molecule has 2 N–H and O–H groups in total. The standard InChI is InChI=1S/C11H9NO3/c13-9-5-4-7-2-1-3-8(6-10(14)15)11(7)12-9/h1-5H,6H2,(H,12,13)(H,14,15). The van der Waals surface area contributed by atoms with Gasteiger partial charge in [0.2, 0.25) is 5.56 Å². The van der Waals surface area contributed by atoms with Crippen LogP contribution in [0.3, 0.4) is 0 Å². The maximum Gasteiger partial charge on any atom is 0.307 e. The highest BCUT2D eigenvalue weighted by Crippen LogP contribution is 2.14. The molecule has 2 aromatic rings. The third kappa shape index (κ3) is 1.88. The largest absolute Gasteiger partial charge is 0.481 e. The third-order valence-corrected chi connectivity index (χ3v) is 2.19. The number of hydrogen-bond acceptors (Lipinski definition) is 2. The molecule has 0 radical (unpaired) electrons. The van der Waals surface area contributed by atoms with Crippen LogP contribution in [0.4, 0.5) is 0 Å². The maximum absolute atomic E-state index is 11.1. The lowest BCUT2D eigenvalue weighted by molar-refractivity contribution is -0.136. The first-order valence-electron chi connectivity index (χ1n) is 4.49. The van der Waals surface area contributed by atoms with Crippen molar-refractivity contribution in [2.45, 2.75) is 6.42 Å². The van der Waals surface area contributed by atoms with E-state index in [-0.39, 0.29) is 12.0 Å². The van der Waals surface area contributed by atoms with Crippen LogP contribution in [0.5, 0.6) is 0 Å². The Morgan fingerprint density at radius 2 is 2.07 bits per heavy atom. The number of nitrogens with one attached hydrogen (secondary N) is 1. The zero-order valence-electron chi connectivity index (χ0n) is 7.86. The van der Waals surface area contributed by atoms with E-state index in [9.17, 15) is 9.59 Å². The summed E-state index contributed by atoms with van der Waals surface area (Å²) >= 11 is 0. The van der Waals surface area contributed by atoms with E-state index in [4.69, 9.17) is 5.11 Å². The molecule has 76 valence electrons. The second-order valence-electron chi connectivity index (χ2n) is 3.27. The van der Waals surface area contributed by atoms with Crippen molar-refractivity contribution in [1.82, 2.24) is 4.98 Å². The molecular weight excluding hydrogens is 194 g/mol. The van der Waals surface area contributed by atoms with Gasteiger partial charge < -0.3 is 10.1 Å². The number of aliphatic carboxylic acids is 1. The average molecular weight is 203 g/mol. The number of carbonyl (C=O) groups is 1. The van der Waals surface area contributed by atoms with Crippen LogP contribution in [0.1, 0.15) is 5.56 Å². The number of pyridine rings is 1. The second-order valence-corrected chi connectivity index (χ2v) is 3.27. The lowest BCUT2D eigenvalue weighted by Gasteiger charge is -2.02. The maximum atomic E-state index is 11.1. The molecule has 15 heavy (non-hydrogen) atoms. The van der Waals surface area contributed by atoms with Crippen molar-refractivity contribution >= 4 is 16.9 Å². The number of carboxylic acid groups (broad SMARTS) is 1. The molecule has 0 saturated heterocycles. The quantitative estimate of drug-likeness (QED) is 0.769. The fraction of sp³-hybridized carbons (Fsp3) is 0.0909. The van der Waals surface area contributed by atoms with Gasteiger partial charge in [0, 0.05) is 6.07 Å². The second kappa shape index (κ2) is 3.57. The van der Waals surface area contributed by atoms with E-state index in [0.29, 0.717) is 11.1 Å². The Morgan fingerprint density at radius 3 is 2.80 bits per heavy atom. The number of aromatic nitrogens is 1. The first-order valence-corrected chi connectivity index (χ1v) is 4.49. The van der Waals surface area contributed by atoms with Gasteiger partial charge in [0.15, 0.2) is 0 Å². The van der Waals surface area contributed by atoms with Gasteiger partial charge in [0.25, 0.3) is 0 Å². The van der Waals surface area contributed by atoms with Crippen molar-refractivity contribution in [3.63, 3.8) is 0 Å². The molecule has 0 aliphatic heterocycles. The smallest absolute Gasteiger partial charge is 0.307 e. The summed E-state index contributed by atoms with van der Waals surface area (Å²) in [5.41, 5.74) is 1.01. The Labute approximate surface area is 85.2 Å². The molecule has 0 saturated carbocycles. The molecule has 1 heterocycles. The number of para-hydroxylation sites is 1. The normalized spacial score (nSPS) is 10.4. The summed E-state index contributed by atoms with van der Waals surface area (Å²) in [5, 5.41) is 9.54. The number of fused-ring (bicyclic) bond motifs is 1. The molecule has 0 unspecified atom stereocenters. The highest BCUT2D eigenvalue weighted by Gasteiger charge is 2.05. The van der Waals surface area contributed by atoms with Gasteiger partial charge in [-0.15, -0.1) is 0 Å². The Morgan fingerprint density at radius 1 is 1.27 bits per heavy atom. The summed E-state index contributed by atoms with van der Waals surface area (Å²) in [4.78, 5) is 24.4. The molecule has 1 aromatic heterocycles. The van der Waals surface area contributed by atoms with E-state index < -0.39 is 5.97 Å². The first kappa shape index (κ1) is 9.45. The van der Waals surface area contributed by atoms with E-state index in [1.165, 1.54) is 6.07 Å². The minimum atomic E-state index is -0.910. The highest BCUT2D eigenvalue weighted by atomic mass is 16.4. The number of hydrogen-bond donors (Lipinski definition) is 2. The van der Waals surface area contributed by atoms with E-state index in [1.807, 2.05) is 6.07 Å². The van der Waals surface area contributed by atoms with E-state index >= 15 is 0 Å². The van der Waals surface area contributed by atoms with Crippen molar-refractivity contribution in [2.75, 3.05) is 0 Å². The van der Waals surface area contributed by atoms with Crippen molar-refractivity contribution in [2.24, 2.45) is 0 Å². The predicted molar refractivity (Wildman–Crippen MR) is 55.9 cm³/mol. The molecule has 1 aromatic carbocycles. The SMILES string of the molecule is O=C(O)Cc1cccc2ccc(=O)[nH]c12. The highest BCUT2D eigenvalue weighted by molar-refractivity contribution is 5.85. The van der Waals surface area contributed by atoms with Gasteiger partial charge >= 0.3 is 5.97 Å². The molecular formula is C11H9NO3. The van der Waals surface area contributed by atoms with Gasteiger partial charge in [0.05, 0.1) is 11.9 Å². The van der Waals surface area contributed by atoms with E-state index in [2.05, 4.69) is 4.98 Å². The fourth-order valence-electron chi connectivity index (χ4n) is 1.55. The van der Waals surface area contributed by atoms with Gasteiger partial charge in [-0.2, -0.15) is 0 Å². The predicted octanol–water partition coefficient (Wildman–Crippen LogP) is 1.16. The van der Waals surface area contributed by atoms with Crippen LogP contribution in [-0.4, -0.2) is 16.1 Å². The van der Waals surface area contributed by atoms with Crippen LogP contribution in [0.25, 0.3) is 10.9 Å². The monoisotopic (exact) mass is 203 g/mol. The van der Waals surface area contributed by atoms with Crippen LogP contribution < -0.4 is 5.56 Å². The van der Waals surface area contributed by atoms with Gasteiger partial charge in [-0.25, -0.2) is 0 Å². The van der Waals surface area contributed by atoms with E-state index in [0.717, 1.165) is 5.39 Å². The average Bonchev–Trinajstić information content (AvgIpc) is 2.18. The topological polar surface area (TPSA) is 70.2 Å². The minimum absolute atomic E-state index is 0.0860. The van der Waals surface area contributed by atoms with Gasteiger partial charge in [-0.3, -0.25) is 9.59 Å². The Balaban J connectivity index is 2.68. The van der Waals surface area contributed by atoms with Gasteiger partial charge in [-0.05, 0) is 17.0 Å². The zero-order valence-corrected chi connectivity index (χ0v) is 7.86. The molecule has 2 rings (SSSR count). The summed E-state index contributed by atoms with van der Waals surface area (Å²) in [5.74, 6) is -0.910. The van der Waals surface area contributed by atoms with Crippen LogP contribution in [0.2, 0.25) is 0 Å². The fourth-order valence-corrected chi connectivity index (χ4v) is 1.55. The molecule has 4 heteroatoms. The van der Waals surface area contributed by atoms with Crippen LogP contribution in [0.15, 0.2) is 35.1 Å². The minimum Gasteiger partial charge on any atom is -0.481 e. The van der Waals surface area contributed by atoms with Gasteiger partial charge in [0.1, 0.15) is 0 Å². The van der Waals surface area contributed by atoms with Gasteiger partial charge in [-0.1, -0.05) is 18.2 Å². The molecule has 4 nitrogen and oxygen atoms in total. The molecule has 0 fully saturated rings. The Kier molecular flexibility index (Phi) is 2.25. The summed E-state index contributed by atoms with van der Waals surface area (Å²) in [6, 6.07) is 8.41. The molecule has 0 bridgehead atoms. The van der Waals surface area contributed by atoms with Crippen molar-refractivity contribution < 1.29 is 9.90 Å². The molecule has 0 aliphatic rings. The summed E-state index contributed by atoms with van der Waals surface area (Å²) in [7, 11) is 0. The first-order chi connectivity index (χ1) is 7.16. The van der Waals surface area contributed by atoms with E-state index in [1.54, 1.807) is 18.2 Å². The Bertz CT molecular complexity index is 571. The third-order valence-electron chi connectivity index (χ3n) is 2.19. The summed E-state index contributed by atoms with van der Waals surface area (Å²) in [6.45, 7) is 0. The number of benzene rings is 1. The summed E-state index contributed by atoms with van der Waals surface area (Å²) < 4.78 is 0.